The number of aromatic hydroxyl groups is 1. The summed E-state index contributed by atoms with van der Waals surface area (Å²) in [6.07, 6.45) is 3.39. The Labute approximate surface area is 104 Å². The molecule has 0 spiro atoms. The number of phenols is 1. The Bertz CT molecular complexity index is 705. The van der Waals surface area contributed by atoms with Gasteiger partial charge in [-0.05, 0) is 23.8 Å². The normalized spacial score (nSPS) is 10.9. The van der Waals surface area contributed by atoms with Gasteiger partial charge in [-0.15, -0.1) is 0 Å². The molecule has 0 atom stereocenters. The fraction of sp³-hybridized carbons (Fsp3) is 0.0769. The molecule has 0 saturated heterocycles. The van der Waals surface area contributed by atoms with Gasteiger partial charge in [-0.2, -0.15) is 0 Å². The van der Waals surface area contributed by atoms with Crippen LogP contribution in [-0.4, -0.2) is 19.6 Å². The van der Waals surface area contributed by atoms with Crippen molar-refractivity contribution in [1.82, 2.24) is 14.5 Å². The summed E-state index contributed by atoms with van der Waals surface area (Å²) >= 11 is 0. The molecule has 5 nitrogen and oxygen atoms in total. The van der Waals surface area contributed by atoms with Crippen molar-refractivity contribution in [2.75, 3.05) is 5.73 Å². The monoisotopic (exact) mass is 240 g/mol. The number of aromatic nitrogens is 3. The average Bonchev–Trinajstić information content (AvgIpc) is 2.74. The fourth-order valence-electron chi connectivity index (χ4n) is 1.99. The Kier molecular flexibility index (Phi) is 2.37. The summed E-state index contributed by atoms with van der Waals surface area (Å²) in [6.45, 7) is 0.633. The highest BCUT2D eigenvalue weighted by Gasteiger charge is 2.06. The molecule has 5 heteroatoms. The molecule has 0 saturated carbocycles. The van der Waals surface area contributed by atoms with E-state index in [0.29, 0.717) is 17.9 Å². The predicted molar refractivity (Wildman–Crippen MR) is 69.1 cm³/mol. The first kappa shape index (κ1) is 10.6. The number of rotatable bonds is 2. The van der Waals surface area contributed by atoms with E-state index in [1.165, 1.54) is 0 Å². The third-order valence-corrected chi connectivity index (χ3v) is 2.83. The first-order chi connectivity index (χ1) is 8.74. The van der Waals surface area contributed by atoms with E-state index in [-0.39, 0.29) is 5.75 Å². The number of hydrogen-bond donors (Lipinski definition) is 2. The molecule has 0 fully saturated rings. The van der Waals surface area contributed by atoms with E-state index in [1.807, 2.05) is 22.8 Å². The maximum atomic E-state index is 9.44. The van der Waals surface area contributed by atoms with Crippen LogP contribution in [0.5, 0.6) is 5.75 Å². The molecule has 0 aliphatic carbocycles. The van der Waals surface area contributed by atoms with Crippen LogP contribution in [0.1, 0.15) is 5.56 Å². The lowest BCUT2D eigenvalue weighted by atomic mass is 10.2. The van der Waals surface area contributed by atoms with E-state index in [1.54, 1.807) is 24.7 Å². The number of anilines is 1. The lowest BCUT2D eigenvalue weighted by Gasteiger charge is -2.05. The van der Waals surface area contributed by atoms with Crippen molar-refractivity contribution in [2.45, 2.75) is 6.54 Å². The standard InChI is InChI=1S/C13H12N4O/c14-13-12-11(4-5-15-13)17(8-16-12)7-9-2-1-3-10(18)6-9/h1-6,8,18H,7H2,(H2,14,15). The molecule has 90 valence electrons. The van der Waals surface area contributed by atoms with Crippen molar-refractivity contribution in [3.8, 4) is 5.75 Å². The van der Waals surface area contributed by atoms with Gasteiger partial charge in [0.25, 0.3) is 0 Å². The van der Waals surface area contributed by atoms with Crippen molar-refractivity contribution in [2.24, 2.45) is 0 Å². The number of pyridine rings is 1. The van der Waals surface area contributed by atoms with Crippen molar-refractivity contribution in [3.05, 3.63) is 48.4 Å². The van der Waals surface area contributed by atoms with Gasteiger partial charge in [0.05, 0.1) is 11.8 Å². The molecule has 1 aromatic carbocycles. The molecule has 0 bridgehead atoms. The third kappa shape index (κ3) is 1.75. The molecule has 2 aromatic heterocycles. The van der Waals surface area contributed by atoms with E-state index in [9.17, 15) is 5.11 Å². The topological polar surface area (TPSA) is 77.0 Å². The molecular weight excluding hydrogens is 228 g/mol. The van der Waals surface area contributed by atoms with Crippen molar-refractivity contribution in [1.29, 1.82) is 0 Å². The van der Waals surface area contributed by atoms with Gasteiger partial charge in [0, 0.05) is 12.7 Å². The van der Waals surface area contributed by atoms with Crippen LogP contribution in [-0.2, 0) is 6.54 Å². The van der Waals surface area contributed by atoms with Gasteiger partial charge in [0.2, 0.25) is 0 Å². The molecule has 3 aromatic rings. The van der Waals surface area contributed by atoms with Crippen LogP contribution in [0.2, 0.25) is 0 Å². The van der Waals surface area contributed by atoms with Gasteiger partial charge in [-0.1, -0.05) is 12.1 Å². The van der Waals surface area contributed by atoms with E-state index in [4.69, 9.17) is 5.73 Å². The molecule has 0 radical (unpaired) electrons. The lowest BCUT2D eigenvalue weighted by Crippen LogP contribution is -1.98. The Morgan fingerprint density at radius 2 is 2.11 bits per heavy atom. The molecular formula is C13H12N4O. The first-order valence-electron chi connectivity index (χ1n) is 5.57. The Balaban J connectivity index is 2.03. The number of nitrogens with zero attached hydrogens (tertiary/aromatic N) is 3. The Morgan fingerprint density at radius 1 is 1.22 bits per heavy atom. The van der Waals surface area contributed by atoms with Crippen molar-refractivity contribution >= 4 is 16.9 Å². The van der Waals surface area contributed by atoms with Crippen LogP contribution in [0, 0.1) is 0 Å². The van der Waals surface area contributed by atoms with Crippen molar-refractivity contribution in [3.63, 3.8) is 0 Å². The largest absolute Gasteiger partial charge is 0.508 e. The second kappa shape index (κ2) is 4.03. The van der Waals surface area contributed by atoms with Crippen LogP contribution < -0.4 is 5.73 Å². The summed E-state index contributed by atoms with van der Waals surface area (Å²) in [7, 11) is 0. The highest BCUT2D eigenvalue weighted by molar-refractivity contribution is 5.84. The Morgan fingerprint density at radius 3 is 2.94 bits per heavy atom. The summed E-state index contributed by atoms with van der Waals surface area (Å²) in [5.41, 5.74) is 8.41. The predicted octanol–water partition coefficient (Wildman–Crippen LogP) is 1.77. The quantitative estimate of drug-likeness (QED) is 0.715. The zero-order valence-electron chi connectivity index (χ0n) is 9.61. The second-order valence-electron chi connectivity index (χ2n) is 4.11. The number of nitrogens with two attached hydrogens (primary N) is 1. The van der Waals surface area contributed by atoms with Crippen LogP contribution in [0.4, 0.5) is 5.82 Å². The summed E-state index contributed by atoms with van der Waals surface area (Å²) < 4.78 is 1.97. The van der Waals surface area contributed by atoms with E-state index in [2.05, 4.69) is 9.97 Å². The zero-order chi connectivity index (χ0) is 12.5. The molecule has 3 rings (SSSR count). The van der Waals surface area contributed by atoms with E-state index < -0.39 is 0 Å². The maximum Gasteiger partial charge on any atom is 0.151 e. The number of hydrogen-bond acceptors (Lipinski definition) is 4. The molecule has 2 heterocycles. The molecule has 0 amide bonds. The average molecular weight is 240 g/mol. The van der Waals surface area contributed by atoms with E-state index >= 15 is 0 Å². The fourth-order valence-corrected chi connectivity index (χ4v) is 1.99. The summed E-state index contributed by atoms with van der Waals surface area (Å²) in [4.78, 5) is 8.25. The summed E-state index contributed by atoms with van der Waals surface area (Å²) in [5.74, 6) is 0.695. The third-order valence-electron chi connectivity index (χ3n) is 2.83. The first-order valence-corrected chi connectivity index (χ1v) is 5.57. The smallest absolute Gasteiger partial charge is 0.151 e. The zero-order valence-corrected chi connectivity index (χ0v) is 9.61. The number of nitrogen functional groups attached to an aromatic ring is 1. The second-order valence-corrected chi connectivity index (χ2v) is 4.11. The number of imidazole rings is 1. The molecule has 18 heavy (non-hydrogen) atoms. The maximum absolute atomic E-state index is 9.44. The van der Waals surface area contributed by atoms with Gasteiger partial charge in [0.15, 0.2) is 5.82 Å². The van der Waals surface area contributed by atoms with Crippen LogP contribution in [0.3, 0.4) is 0 Å². The van der Waals surface area contributed by atoms with Gasteiger partial charge < -0.3 is 15.4 Å². The Hall–Kier alpha value is -2.56. The van der Waals surface area contributed by atoms with Crippen LogP contribution in [0.15, 0.2) is 42.9 Å². The SMILES string of the molecule is Nc1nccc2c1ncn2Cc1cccc(O)c1. The van der Waals surface area contributed by atoms with E-state index in [0.717, 1.165) is 11.1 Å². The lowest BCUT2D eigenvalue weighted by molar-refractivity contribution is 0.474. The number of phenolic OH excluding ortho intramolecular Hbond substituents is 1. The van der Waals surface area contributed by atoms with Gasteiger partial charge in [0.1, 0.15) is 11.3 Å². The van der Waals surface area contributed by atoms with Crippen molar-refractivity contribution < 1.29 is 5.11 Å². The summed E-state index contributed by atoms with van der Waals surface area (Å²) in [6, 6.07) is 9.03. The van der Waals surface area contributed by atoms with Gasteiger partial charge in [-0.25, -0.2) is 9.97 Å². The van der Waals surface area contributed by atoms with Crippen LogP contribution in [0.25, 0.3) is 11.0 Å². The van der Waals surface area contributed by atoms with Gasteiger partial charge >= 0.3 is 0 Å². The summed E-state index contributed by atoms with van der Waals surface area (Å²) in [5, 5.41) is 9.44. The molecule has 0 aliphatic heterocycles. The molecule has 3 N–H and O–H groups in total. The molecule has 0 aliphatic rings. The number of benzene rings is 1. The molecule has 0 unspecified atom stereocenters. The minimum atomic E-state index is 0.262. The van der Waals surface area contributed by atoms with Gasteiger partial charge in [-0.3, -0.25) is 0 Å². The minimum absolute atomic E-state index is 0.262. The highest BCUT2D eigenvalue weighted by Crippen LogP contribution is 2.19. The number of fused-ring (bicyclic) bond motifs is 1. The van der Waals surface area contributed by atoms with Crippen LogP contribution >= 0.6 is 0 Å². The highest BCUT2D eigenvalue weighted by atomic mass is 16.3. The minimum Gasteiger partial charge on any atom is -0.508 e.